The predicted molar refractivity (Wildman–Crippen MR) is 87.8 cm³/mol. The molecule has 9 heteroatoms. The van der Waals surface area contributed by atoms with Gasteiger partial charge in [-0.15, -0.1) is 0 Å². The van der Waals surface area contributed by atoms with Crippen molar-refractivity contribution in [2.75, 3.05) is 6.61 Å². The van der Waals surface area contributed by atoms with Crippen molar-refractivity contribution in [1.82, 2.24) is 4.90 Å². The van der Waals surface area contributed by atoms with Crippen LogP contribution in [0.2, 0.25) is 0 Å². The molecule has 0 saturated heterocycles. The van der Waals surface area contributed by atoms with E-state index < -0.39 is 29.1 Å². The van der Waals surface area contributed by atoms with Crippen LogP contribution in [0.4, 0.5) is 0 Å². The van der Waals surface area contributed by atoms with E-state index in [0.717, 1.165) is 12.8 Å². The minimum atomic E-state index is -4.22. The van der Waals surface area contributed by atoms with Crippen molar-refractivity contribution in [3.63, 3.8) is 0 Å². The second-order valence-electron chi connectivity index (χ2n) is 5.36. The topological polar surface area (TPSA) is 128 Å². The first-order valence-electron chi connectivity index (χ1n) is 7.96. The third-order valence-corrected chi connectivity index (χ3v) is 3.49. The molecule has 4 N–H and O–H groups in total. The van der Waals surface area contributed by atoms with E-state index in [9.17, 15) is 8.42 Å². The van der Waals surface area contributed by atoms with Gasteiger partial charge in [0.25, 0.3) is 0 Å². The van der Waals surface area contributed by atoms with Crippen LogP contribution in [0.3, 0.4) is 0 Å². The smallest absolute Gasteiger partial charge is 0.379 e. The summed E-state index contributed by atoms with van der Waals surface area (Å²) in [5.74, 6) is 0. The van der Waals surface area contributed by atoms with Crippen molar-refractivity contribution in [3.05, 3.63) is 0 Å². The van der Waals surface area contributed by atoms with Crippen LogP contribution in [0.1, 0.15) is 66.2 Å². The number of rotatable bonds is 11. The maximum Gasteiger partial charge on any atom is 0.397 e. The fourth-order valence-corrected chi connectivity index (χ4v) is 2.31. The lowest BCUT2D eigenvalue weighted by Crippen LogP contribution is -2.45. The molecule has 0 amide bonds. The van der Waals surface area contributed by atoms with E-state index >= 15 is 0 Å². The lowest BCUT2D eigenvalue weighted by atomic mass is 10.1. The first-order chi connectivity index (χ1) is 10.5. The Bertz CT molecular complexity index is 339. The van der Waals surface area contributed by atoms with E-state index in [2.05, 4.69) is 11.1 Å². The van der Waals surface area contributed by atoms with Gasteiger partial charge in [0.05, 0.1) is 6.61 Å². The zero-order valence-electron chi connectivity index (χ0n) is 14.6. The van der Waals surface area contributed by atoms with E-state index in [1.165, 1.54) is 44.9 Å². The summed E-state index contributed by atoms with van der Waals surface area (Å²) in [7, 11) is -4.22. The maximum absolute atomic E-state index is 10.1. The summed E-state index contributed by atoms with van der Waals surface area (Å²) in [6.07, 6.45) is 3.84. The van der Waals surface area contributed by atoms with Crippen molar-refractivity contribution < 1.29 is 32.5 Å². The molecule has 0 heterocycles. The molecular formula is C14H33NO7S. The Kier molecular flexibility index (Phi) is 15.3. The Balaban J connectivity index is 0. The van der Waals surface area contributed by atoms with Crippen LogP contribution in [-0.4, -0.2) is 58.5 Å². The molecular weight excluding hydrogens is 326 g/mol. The van der Waals surface area contributed by atoms with E-state index in [0.29, 0.717) is 6.42 Å². The molecule has 0 fully saturated rings. The number of hydrogen-bond acceptors (Lipinski definition) is 7. The molecule has 0 aliphatic heterocycles. The van der Waals surface area contributed by atoms with Crippen LogP contribution in [0, 0.1) is 0 Å². The second kappa shape index (κ2) is 14.1. The average Bonchev–Trinajstić information content (AvgIpc) is 2.35. The number of hydrogen-bond donors (Lipinski definition) is 4. The lowest BCUT2D eigenvalue weighted by Gasteiger charge is -2.30. The van der Waals surface area contributed by atoms with Crippen LogP contribution < -0.4 is 0 Å². The molecule has 0 bridgehead atoms. The summed E-state index contributed by atoms with van der Waals surface area (Å²) in [5, 5.41) is 26.9. The molecule has 0 saturated carbocycles. The fraction of sp³-hybridized carbons (Fsp3) is 1.00. The first-order valence-corrected chi connectivity index (χ1v) is 9.32. The minimum Gasteiger partial charge on any atom is -0.379 e. The lowest BCUT2D eigenvalue weighted by molar-refractivity contribution is -0.159. The Morgan fingerprint density at radius 3 is 1.57 bits per heavy atom. The Labute approximate surface area is 140 Å². The van der Waals surface area contributed by atoms with Gasteiger partial charge >= 0.3 is 10.4 Å². The van der Waals surface area contributed by atoms with E-state index in [1.54, 1.807) is 0 Å². The van der Waals surface area contributed by atoms with E-state index in [-0.39, 0.29) is 6.61 Å². The zero-order valence-corrected chi connectivity index (χ0v) is 15.4. The van der Waals surface area contributed by atoms with Crippen molar-refractivity contribution in [2.24, 2.45) is 0 Å². The molecule has 0 aromatic carbocycles. The number of aliphatic hydroxyl groups excluding tert-OH is 3. The quantitative estimate of drug-likeness (QED) is 0.248. The normalized spacial score (nSPS) is 15.7. The molecule has 142 valence electrons. The molecule has 0 aromatic heterocycles. The molecule has 0 aliphatic rings. The minimum absolute atomic E-state index is 0.0883. The number of aliphatic hydroxyl groups is 3. The molecule has 3 atom stereocenters. The summed E-state index contributed by atoms with van der Waals surface area (Å²) < 4.78 is 32.6. The van der Waals surface area contributed by atoms with Gasteiger partial charge in [0.1, 0.15) is 18.7 Å². The Morgan fingerprint density at radius 2 is 1.26 bits per heavy atom. The highest BCUT2D eigenvalue weighted by atomic mass is 32.3. The van der Waals surface area contributed by atoms with Crippen molar-refractivity contribution in [3.8, 4) is 0 Å². The molecule has 23 heavy (non-hydrogen) atoms. The SMILES string of the molecule is CC(O)N(C(C)O)C(C)O.CCCCCCCCOS(=O)(=O)O. The van der Waals surface area contributed by atoms with Crippen molar-refractivity contribution in [1.29, 1.82) is 0 Å². The van der Waals surface area contributed by atoms with Crippen LogP contribution in [0.25, 0.3) is 0 Å². The number of unbranched alkanes of at least 4 members (excludes halogenated alkanes) is 5. The highest BCUT2D eigenvalue weighted by molar-refractivity contribution is 7.80. The highest BCUT2D eigenvalue weighted by Gasteiger charge is 2.20. The average molecular weight is 359 g/mol. The summed E-state index contributed by atoms with van der Waals surface area (Å²) in [4.78, 5) is 1.17. The maximum atomic E-state index is 10.1. The van der Waals surface area contributed by atoms with Gasteiger partial charge in [-0.25, -0.2) is 9.08 Å². The van der Waals surface area contributed by atoms with Gasteiger partial charge in [0, 0.05) is 0 Å². The van der Waals surface area contributed by atoms with Gasteiger partial charge in [0.2, 0.25) is 0 Å². The van der Waals surface area contributed by atoms with Gasteiger partial charge in [-0.3, -0.25) is 4.55 Å². The summed E-state index contributed by atoms with van der Waals surface area (Å²) >= 11 is 0. The van der Waals surface area contributed by atoms with Gasteiger partial charge in [0.15, 0.2) is 0 Å². The highest BCUT2D eigenvalue weighted by Crippen LogP contribution is 2.05. The van der Waals surface area contributed by atoms with Crippen LogP contribution in [0.5, 0.6) is 0 Å². The molecule has 0 rings (SSSR count). The Morgan fingerprint density at radius 1 is 0.870 bits per heavy atom. The first kappa shape index (κ1) is 25.0. The summed E-state index contributed by atoms with van der Waals surface area (Å²) in [6.45, 7) is 6.69. The largest absolute Gasteiger partial charge is 0.397 e. The van der Waals surface area contributed by atoms with Gasteiger partial charge in [-0.1, -0.05) is 39.0 Å². The van der Waals surface area contributed by atoms with Crippen molar-refractivity contribution in [2.45, 2.75) is 84.9 Å². The summed E-state index contributed by atoms with van der Waals surface area (Å²) in [6, 6.07) is 0. The third kappa shape index (κ3) is 17.9. The molecule has 0 aliphatic carbocycles. The van der Waals surface area contributed by atoms with Gasteiger partial charge in [-0.05, 0) is 27.2 Å². The second-order valence-corrected chi connectivity index (χ2v) is 6.45. The van der Waals surface area contributed by atoms with Crippen LogP contribution in [0.15, 0.2) is 0 Å². The molecule has 0 spiro atoms. The summed E-state index contributed by atoms with van der Waals surface area (Å²) in [5.41, 5.74) is 0. The zero-order chi connectivity index (χ0) is 18.5. The van der Waals surface area contributed by atoms with Crippen molar-refractivity contribution >= 4 is 10.4 Å². The van der Waals surface area contributed by atoms with Gasteiger partial charge in [-0.2, -0.15) is 8.42 Å². The number of nitrogens with zero attached hydrogens (tertiary/aromatic N) is 1. The van der Waals surface area contributed by atoms with Crippen LogP contribution >= 0.6 is 0 Å². The monoisotopic (exact) mass is 359 g/mol. The molecule has 3 unspecified atom stereocenters. The molecule has 0 aromatic rings. The van der Waals surface area contributed by atoms with Gasteiger partial charge < -0.3 is 15.3 Å². The predicted octanol–water partition coefficient (Wildman–Crippen LogP) is 1.47. The third-order valence-electron chi connectivity index (χ3n) is 3.02. The standard InChI is InChI=1S/C8H18O4S.C6H15NO3/c1-2-3-4-5-6-7-8-12-13(9,10)11;1-4(8)7(5(2)9)6(3)10/h2-8H2,1H3,(H,9,10,11);4-6,8-10H,1-3H3. The molecule has 8 nitrogen and oxygen atoms in total. The fourth-order valence-electron chi connectivity index (χ4n) is 1.98. The molecule has 0 radical (unpaired) electrons. The van der Waals surface area contributed by atoms with E-state index in [1.807, 2.05) is 0 Å². The Hall–Kier alpha value is -0.290. The van der Waals surface area contributed by atoms with E-state index in [4.69, 9.17) is 19.9 Å². The van der Waals surface area contributed by atoms with Crippen LogP contribution in [-0.2, 0) is 14.6 Å².